The van der Waals surface area contributed by atoms with E-state index < -0.39 is 21.0 Å². The van der Waals surface area contributed by atoms with Crippen LogP contribution >= 0.6 is 0 Å². The molecule has 1 N–H and O–H groups in total. The van der Waals surface area contributed by atoms with Crippen LogP contribution in [0.15, 0.2) is 29.4 Å². The summed E-state index contributed by atoms with van der Waals surface area (Å²) in [5, 5.41) is 11.3. The van der Waals surface area contributed by atoms with Crippen molar-refractivity contribution in [1.82, 2.24) is 0 Å². The first-order chi connectivity index (χ1) is 9.86. The third-order valence-corrected chi connectivity index (χ3v) is 5.16. The average molecular weight is 310 g/mol. The fraction of sp³-hybridized carbons (Fsp3) is 0.429. The number of anilines is 1. The fourth-order valence-electron chi connectivity index (χ4n) is 2.35. The molecule has 114 valence electrons. The van der Waals surface area contributed by atoms with Gasteiger partial charge in [0.15, 0.2) is 9.84 Å². The Bertz CT molecular complexity index is 682. The molecule has 0 spiro atoms. The molecule has 1 heterocycles. The molecule has 0 aliphatic carbocycles. The van der Waals surface area contributed by atoms with Gasteiger partial charge in [-0.3, -0.25) is 4.79 Å². The number of carbonyl (C=O) groups excluding carboxylic acids is 1. The Labute approximate surface area is 124 Å². The Balaban J connectivity index is 2.48. The molecule has 0 saturated carbocycles. The number of oxime groups is 1. The van der Waals surface area contributed by atoms with Crippen molar-refractivity contribution in [2.75, 3.05) is 17.7 Å². The number of benzene rings is 1. The van der Waals surface area contributed by atoms with Crippen molar-refractivity contribution in [3.8, 4) is 0 Å². The normalized spacial score (nSPS) is 19.0. The molecule has 1 aliphatic rings. The van der Waals surface area contributed by atoms with Gasteiger partial charge in [-0.2, -0.15) is 0 Å². The summed E-state index contributed by atoms with van der Waals surface area (Å²) in [7, 11) is -3.46. The van der Waals surface area contributed by atoms with Crippen molar-refractivity contribution in [3.63, 3.8) is 0 Å². The van der Waals surface area contributed by atoms with E-state index >= 15 is 0 Å². The van der Waals surface area contributed by atoms with Crippen molar-refractivity contribution < 1.29 is 18.4 Å². The second-order valence-corrected chi connectivity index (χ2v) is 7.50. The molecular weight excluding hydrogens is 292 g/mol. The van der Waals surface area contributed by atoms with Crippen molar-refractivity contribution >= 4 is 27.1 Å². The van der Waals surface area contributed by atoms with E-state index in [1.807, 2.05) is 0 Å². The van der Waals surface area contributed by atoms with Crippen LogP contribution in [0.1, 0.15) is 25.3 Å². The van der Waals surface area contributed by atoms with Gasteiger partial charge >= 0.3 is 0 Å². The number of hydrogen-bond donors (Lipinski definition) is 1. The Hall–Kier alpha value is -1.89. The van der Waals surface area contributed by atoms with Gasteiger partial charge in [0.05, 0.1) is 11.4 Å². The van der Waals surface area contributed by atoms with E-state index in [-0.39, 0.29) is 0 Å². The van der Waals surface area contributed by atoms with E-state index in [0.29, 0.717) is 36.3 Å². The lowest BCUT2D eigenvalue weighted by Crippen LogP contribution is -2.41. The quantitative estimate of drug-likeness (QED) is 0.661. The molecule has 1 aromatic rings. The van der Waals surface area contributed by atoms with Gasteiger partial charge in [-0.05, 0) is 25.8 Å². The Kier molecular flexibility index (Phi) is 4.32. The molecule has 1 aliphatic heterocycles. The van der Waals surface area contributed by atoms with Crippen LogP contribution in [0.5, 0.6) is 0 Å². The standard InChI is InChI=1S/C14H18N2O4S/c1-10(21(2,19)20)14(17)16-9-5-7-12(15-18)11-6-3-4-8-13(11)16/h3-4,6,8,10,18H,5,7,9H2,1-2H3/b15-12-. The Morgan fingerprint density at radius 3 is 2.67 bits per heavy atom. The summed E-state index contributed by atoms with van der Waals surface area (Å²) < 4.78 is 23.2. The molecule has 21 heavy (non-hydrogen) atoms. The molecule has 1 amide bonds. The first-order valence-electron chi connectivity index (χ1n) is 6.67. The number of para-hydroxylation sites is 1. The highest BCUT2D eigenvalue weighted by Gasteiger charge is 2.31. The molecule has 0 fully saturated rings. The summed E-state index contributed by atoms with van der Waals surface area (Å²) in [4.78, 5) is 14.0. The van der Waals surface area contributed by atoms with Crippen LogP contribution in [-0.4, -0.2) is 43.3 Å². The van der Waals surface area contributed by atoms with E-state index in [1.54, 1.807) is 24.3 Å². The van der Waals surface area contributed by atoms with E-state index in [0.717, 1.165) is 6.26 Å². The van der Waals surface area contributed by atoms with Crippen LogP contribution in [0.3, 0.4) is 0 Å². The summed E-state index contributed by atoms with van der Waals surface area (Å²) in [6, 6.07) is 7.06. The van der Waals surface area contributed by atoms with Gasteiger partial charge in [0.1, 0.15) is 5.25 Å². The molecule has 0 radical (unpaired) electrons. The van der Waals surface area contributed by atoms with Crippen molar-refractivity contribution in [3.05, 3.63) is 29.8 Å². The molecule has 1 unspecified atom stereocenters. The highest BCUT2D eigenvalue weighted by molar-refractivity contribution is 7.92. The summed E-state index contributed by atoms with van der Waals surface area (Å²) >= 11 is 0. The number of sulfone groups is 1. The number of carbonyl (C=O) groups is 1. The monoisotopic (exact) mass is 310 g/mol. The van der Waals surface area contributed by atoms with Gasteiger partial charge in [-0.1, -0.05) is 23.4 Å². The third-order valence-electron chi connectivity index (χ3n) is 3.68. The molecule has 7 heteroatoms. The Morgan fingerprint density at radius 1 is 1.38 bits per heavy atom. The molecular formula is C14H18N2O4S. The van der Waals surface area contributed by atoms with Gasteiger partial charge in [0, 0.05) is 18.4 Å². The molecule has 0 saturated heterocycles. The highest BCUT2D eigenvalue weighted by atomic mass is 32.2. The van der Waals surface area contributed by atoms with Crippen LogP contribution < -0.4 is 4.90 Å². The summed E-state index contributed by atoms with van der Waals surface area (Å²) in [6.45, 7) is 1.79. The second kappa shape index (κ2) is 5.85. The number of hydrogen-bond acceptors (Lipinski definition) is 5. The predicted octanol–water partition coefficient (Wildman–Crippen LogP) is 1.42. The zero-order valence-corrected chi connectivity index (χ0v) is 12.8. The largest absolute Gasteiger partial charge is 0.411 e. The van der Waals surface area contributed by atoms with Crippen LogP contribution in [0.2, 0.25) is 0 Å². The van der Waals surface area contributed by atoms with Crippen molar-refractivity contribution in [2.24, 2.45) is 5.16 Å². The first kappa shape index (κ1) is 15.5. The van der Waals surface area contributed by atoms with Gasteiger partial charge in [-0.15, -0.1) is 0 Å². The molecule has 2 rings (SSSR count). The lowest BCUT2D eigenvalue weighted by molar-refractivity contribution is -0.118. The van der Waals surface area contributed by atoms with Crippen LogP contribution in [0.4, 0.5) is 5.69 Å². The van der Waals surface area contributed by atoms with Gasteiger partial charge in [0.25, 0.3) is 0 Å². The smallest absolute Gasteiger partial charge is 0.245 e. The number of rotatable bonds is 2. The molecule has 0 bridgehead atoms. The average Bonchev–Trinajstić information content (AvgIpc) is 2.64. The van der Waals surface area contributed by atoms with Gasteiger partial charge in [-0.25, -0.2) is 8.42 Å². The van der Waals surface area contributed by atoms with Gasteiger partial charge < -0.3 is 10.1 Å². The second-order valence-electron chi connectivity index (χ2n) is 5.13. The zero-order valence-electron chi connectivity index (χ0n) is 12.0. The molecule has 0 aromatic heterocycles. The van der Waals surface area contributed by atoms with Gasteiger partial charge in [0.2, 0.25) is 5.91 Å². The van der Waals surface area contributed by atoms with Crippen molar-refractivity contribution in [2.45, 2.75) is 25.0 Å². The summed E-state index contributed by atoms with van der Waals surface area (Å²) in [5.41, 5.74) is 1.75. The summed E-state index contributed by atoms with van der Waals surface area (Å²) in [5.74, 6) is -0.455. The van der Waals surface area contributed by atoms with Crippen LogP contribution in [0.25, 0.3) is 0 Å². The number of amides is 1. The van der Waals surface area contributed by atoms with E-state index in [2.05, 4.69) is 5.16 Å². The lowest BCUT2D eigenvalue weighted by atomic mass is 10.1. The zero-order chi connectivity index (χ0) is 15.6. The van der Waals surface area contributed by atoms with E-state index in [9.17, 15) is 13.2 Å². The topological polar surface area (TPSA) is 87.0 Å². The predicted molar refractivity (Wildman–Crippen MR) is 80.7 cm³/mol. The first-order valence-corrected chi connectivity index (χ1v) is 8.62. The molecule has 1 aromatic carbocycles. The highest BCUT2D eigenvalue weighted by Crippen LogP contribution is 2.27. The van der Waals surface area contributed by atoms with Crippen molar-refractivity contribution in [1.29, 1.82) is 0 Å². The fourth-order valence-corrected chi connectivity index (χ4v) is 2.84. The maximum Gasteiger partial charge on any atom is 0.245 e. The molecule has 1 atom stereocenters. The minimum Gasteiger partial charge on any atom is -0.411 e. The summed E-state index contributed by atoms with van der Waals surface area (Å²) in [6.07, 6.45) is 2.20. The van der Waals surface area contributed by atoms with E-state index in [4.69, 9.17) is 5.21 Å². The van der Waals surface area contributed by atoms with Crippen LogP contribution in [-0.2, 0) is 14.6 Å². The third kappa shape index (κ3) is 3.07. The lowest BCUT2D eigenvalue weighted by Gasteiger charge is -2.25. The van der Waals surface area contributed by atoms with E-state index in [1.165, 1.54) is 11.8 Å². The Morgan fingerprint density at radius 2 is 2.05 bits per heavy atom. The molecule has 6 nitrogen and oxygen atoms in total. The maximum absolute atomic E-state index is 12.5. The number of fused-ring (bicyclic) bond motifs is 1. The van der Waals surface area contributed by atoms with Crippen LogP contribution in [0, 0.1) is 0 Å². The number of nitrogens with zero attached hydrogens (tertiary/aromatic N) is 2. The minimum absolute atomic E-state index is 0.398. The maximum atomic E-state index is 12.5. The minimum atomic E-state index is -3.46. The SMILES string of the molecule is CC(C(=O)N1CCC/C(=N/O)c2ccccc21)S(C)(=O)=O.